The molecule has 2 rings (SSSR count). The summed E-state index contributed by atoms with van der Waals surface area (Å²) >= 11 is 12.0. The summed E-state index contributed by atoms with van der Waals surface area (Å²) in [5.74, 6) is -0.212. The minimum atomic E-state index is -0.613. The van der Waals surface area contributed by atoms with Gasteiger partial charge >= 0.3 is 0 Å². The first-order valence-electron chi connectivity index (χ1n) is 5.72. The lowest BCUT2D eigenvalue weighted by Crippen LogP contribution is -2.21. The fraction of sp³-hybridized carbons (Fsp3) is 0.385. The van der Waals surface area contributed by atoms with Gasteiger partial charge in [-0.2, -0.15) is 0 Å². The third-order valence-corrected chi connectivity index (χ3v) is 3.78. The normalized spacial score (nSPS) is 15.9. The van der Waals surface area contributed by atoms with Crippen LogP contribution in [0.25, 0.3) is 0 Å². The van der Waals surface area contributed by atoms with Crippen LogP contribution in [0, 0.1) is 6.92 Å². The number of hydrogen-bond acceptors (Lipinski definition) is 2. The molecular weight excluding hydrogens is 273 g/mol. The van der Waals surface area contributed by atoms with E-state index in [1.165, 1.54) is 0 Å². The number of alkyl halides is 1. The molecule has 0 aromatic heterocycles. The van der Waals surface area contributed by atoms with Crippen LogP contribution in [0.3, 0.4) is 0 Å². The molecule has 1 atom stereocenters. The minimum absolute atomic E-state index is 0.0218. The van der Waals surface area contributed by atoms with Crippen LogP contribution >= 0.6 is 23.2 Å². The summed E-state index contributed by atoms with van der Waals surface area (Å²) in [6.07, 6.45) is 1.05. The molecule has 0 saturated carbocycles. The maximum absolute atomic E-state index is 12.0. The Labute approximate surface area is 115 Å². The average molecular weight is 286 g/mol. The van der Waals surface area contributed by atoms with Gasteiger partial charge in [-0.05, 0) is 37.5 Å². The fourth-order valence-electron chi connectivity index (χ4n) is 2.08. The Morgan fingerprint density at radius 2 is 2.11 bits per heavy atom. The van der Waals surface area contributed by atoms with E-state index < -0.39 is 5.38 Å². The van der Waals surface area contributed by atoms with Crippen LogP contribution < -0.4 is 5.32 Å². The molecule has 1 aromatic rings. The van der Waals surface area contributed by atoms with Crippen LogP contribution in [-0.2, 0) is 11.2 Å². The van der Waals surface area contributed by atoms with Crippen LogP contribution in [-0.4, -0.2) is 17.1 Å². The van der Waals surface area contributed by atoms with E-state index in [9.17, 15) is 9.59 Å². The molecule has 96 valence electrons. The first-order valence-corrected chi connectivity index (χ1v) is 6.53. The third-order valence-electron chi connectivity index (χ3n) is 3.09. The van der Waals surface area contributed by atoms with E-state index in [0.717, 1.165) is 16.8 Å². The predicted octanol–water partition coefficient (Wildman–Crippen LogP) is 3.34. The maximum Gasteiger partial charge on any atom is 0.224 e. The van der Waals surface area contributed by atoms with E-state index in [4.69, 9.17) is 23.2 Å². The lowest BCUT2D eigenvalue weighted by Gasteiger charge is -2.21. The van der Waals surface area contributed by atoms with Crippen molar-refractivity contribution in [2.24, 2.45) is 0 Å². The molecule has 1 aliphatic heterocycles. The molecule has 1 unspecified atom stereocenters. The van der Waals surface area contributed by atoms with Gasteiger partial charge < -0.3 is 5.32 Å². The zero-order chi connectivity index (χ0) is 13.4. The summed E-state index contributed by atoms with van der Waals surface area (Å²) in [7, 11) is 0. The van der Waals surface area contributed by atoms with Gasteiger partial charge in [0.25, 0.3) is 0 Å². The van der Waals surface area contributed by atoms with Crippen LogP contribution in [0.4, 0.5) is 5.69 Å². The van der Waals surface area contributed by atoms with E-state index in [1.54, 1.807) is 19.9 Å². The first-order chi connectivity index (χ1) is 8.41. The van der Waals surface area contributed by atoms with E-state index >= 15 is 0 Å². The second-order valence-electron chi connectivity index (χ2n) is 4.43. The van der Waals surface area contributed by atoms with E-state index in [1.807, 2.05) is 0 Å². The highest BCUT2D eigenvalue weighted by Gasteiger charge is 2.24. The van der Waals surface area contributed by atoms with Gasteiger partial charge in [0.05, 0.1) is 10.4 Å². The van der Waals surface area contributed by atoms with Crippen LogP contribution in [0.2, 0.25) is 5.02 Å². The van der Waals surface area contributed by atoms with E-state index in [2.05, 4.69) is 5.32 Å². The van der Waals surface area contributed by atoms with Gasteiger partial charge in [0.1, 0.15) is 0 Å². The van der Waals surface area contributed by atoms with Crippen molar-refractivity contribution < 1.29 is 9.59 Å². The van der Waals surface area contributed by atoms with Crippen molar-refractivity contribution >= 4 is 40.6 Å². The Morgan fingerprint density at radius 1 is 1.44 bits per heavy atom. The zero-order valence-electron chi connectivity index (χ0n) is 10.1. The number of carbonyl (C=O) groups is 2. The summed E-state index contributed by atoms with van der Waals surface area (Å²) in [6, 6.07) is 1.74. The molecule has 1 N–H and O–H groups in total. The van der Waals surface area contributed by atoms with E-state index in [-0.39, 0.29) is 11.7 Å². The first kappa shape index (κ1) is 13.4. The Kier molecular flexibility index (Phi) is 3.64. The minimum Gasteiger partial charge on any atom is -0.326 e. The van der Waals surface area contributed by atoms with Gasteiger partial charge in [0.15, 0.2) is 5.78 Å². The van der Waals surface area contributed by atoms with E-state index in [0.29, 0.717) is 23.4 Å². The molecule has 0 saturated heterocycles. The SMILES string of the molecule is Cc1c(Cl)c(C(=O)C(C)Cl)cc2c1NC(=O)CC2. The highest BCUT2D eigenvalue weighted by atomic mass is 35.5. The van der Waals surface area contributed by atoms with Gasteiger partial charge in [-0.25, -0.2) is 0 Å². The van der Waals surface area contributed by atoms with Gasteiger partial charge in [-0.15, -0.1) is 11.6 Å². The molecule has 0 spiro atoms. The highest BCUT2D eigenvalue weighted by molar-refractivity contribution is 6.39. The van der Waals surface area contributed by atoms with Crippen LogP contribution in [0.15, 0.2) is 6.07 Å². The van der Waals surface area contributed by atoms with Gasteiger partial charge in [-0.3, -0.25) is 9.59 Å². The highest BCUT2D eigenvalue weighted by Crippen LogP contribution is 2.35. The zero-order valence-corrected chi connectivity index (χ0v) is 11.7. The standard InChI is InChI=1S/C13H13Cl2NO2/c1-6-11(15)9(13(18)7(2)14)5-8-3-4-10(17)16-12(6)8/h5,7H,3-4H2,1-2H3,(H,16,17). The molecule has 0 bridgehead atoms. The molecule has 0 fully saturated rings. The Balaban J connectivity index is 2.56. The van der Waals surface area contributed by atoms with Gasteiger partial charge in [0.2, 0.25) is 5.91 Å². The number of hydrogen-bond donors (Lipinski definition) is 1. The molecule has 18 heavy (non-hydrogen) atoms. The Morgan fingerprint density at radius 3 is 2.72 bits per heavy atom. The molecule has 1 amide bonds. The van der Waals surface area contributed by atoms with Crippen LogP contribution in [0.5, 0.6) is 0 Å². The largest absolute Gasteiger partial charge is 0.326 e. The summed E-state index contributed by atoms with van der Waals surface area (Å²) in [6.45, 7) is 3.42. The number of Topliss-reactive ketones (excluding diaryl/α,β-unsaturated/α-hetero) is 1. The second kappa shape index (κ2) is 4.90. The summed E-state index contributed by atoms with van der Waals surface area (Å²) in [4.78, 5) is 23.3. The number of nitrogens with one attached hydrogen (secondary N) is 1. The summed E-state index contributed by atoms with van der Waals surface area (Å²) in [5.41, 5.74) is 2.83. The fourth-order valence-corrected chi connectivity index (χ4v) is 2.44. The van der Waals surface area contributed by atoms with Crippen molar-refractivity contribution in [1.29, 1.82) is 0 Å². The number of ketones is 1. The van der Waals surface area contributed by atoms with Crippen molar-refractivity contribution in [3.05, 3.63) is 27.8 Å². The average Bonchev–Trinajstić information content (AvgIpc) is 2.33. The summed E-state index contributed by atoms with van der Waals surface area (Å²) in [5, 5.41) is 2.55. The number of rotatable bonds is 2. The van der Waals surface area contributed by atoms with Crippen molar-refractivity contribution in [3.63, 3.8) is 0 Å². The molecular formula is C13H13Cl2NO2. The number of carbonyl (C=O) groups excluding carboxylic acids is 2. The quantitative estimate of drug-likeness (QED) is 0.669. The Bertz CT molecular complexity index is 538. The second-order valence-corrected chi connectivity index (χ2v) is 5.46. The Hall–Kier alpha value is -1.06. The smallest absolute Gasteiger partial charge is 0.224 e. The lowest BCUT2D eigenvalue weighted by molar-refractivity contribution is -0.116. The van der Waals surface area contributed by atoms with Crippen LogP contribution in [0.1, 0.15) is 34.8 Å². The third kappa shape index (κ3) is 2.25. The van der Waals surface area contributed by atoms with Gasteiger partial charge in [-0.1, -0.05) is 11.6 Å². The van der Waals surface area contributed by atoms with Crippen molar-refractivity contribution in [2.75, 3.05) is 5.32 Å². The number of benzene rings is 1. The van der Waals surface area contributed by atoms with Crippen molar-refractivity contribution in [1.82, 2.24) is 0 Å². The predicted molar refractivity (Wildman–Crippen MR) is 72.8 cm³/mol. The number of amides is 1. The monoisotopic (exact) mass is 285 g/mol. The molecule has 1 aromatic carbocycles. The molecule has 1 aliphatic rings. The molecule has 0 radical (unpaired) electrons. The number of halogens is 2. The topological polar surface area (TPSA) is 46.2 Å². The van der Waals surface area contributed by atoms with Gasteiger partial charge in [0, 0.05) is 17.7 Å². The number of fused-ring (bicyclic) bond motifs is 1. The molecule has 5 heteroatoms. The molecule has 1 heterocycles. The van der Waals surface area contributed by atoms with Crippen molar-refractivity contribution in [3.8, 4) is 0 Å². The lowest BCUT2D eigenvalue weighted by atomic mass is 9.94. The molecule has 3 nitrogen and oxygen atoms in total. The number of aryl methyl sites for hydroxylation is 1. The number of anilines is 1. The van der Waals surface area contributed by atoms with Crippen molar-refractivity contribution in [2.45, 2.75) is 32.1 Å². The molecule has 0 aliphatic carbocycles. The maximum atomic E-state index is 12.0. The summed E-state index contributed by atoms with van der Waals surface area (Å²) < 4.78 is 0.